The van der Waals surface area contributed by atoms with E-state index in [9.17, 15) is 9.59 Å². The van der Waals surface area contributed by atoms with E-state index in [2.05, 4.69) is 15.9 Å². The summed E-state index contributed by atoms with van der Waals surface area (Å²) in [5.74, 6) is 0.388. The van der Waals surface area contributed by atoms with Crippen molar-refractivity contribution in [3.8, 4) is 0 Å². The van der Waals surface area contributed by atoms with Crippen LogP contribution < -0.4 is 4.90 Å². The van der Waals surface area contributed by atoms with Gasteiger partial charge in [0.25, 0.3) is 0 Å². The number of aryl methyl sites for hydroxylation is 1. The highest BCUT2D eigenvalue weighted by molar-refractivity contribution is 9.09. The summed E-state index contributed by atoms with van der Waals surface area (Å²) in [6, 6.07) is 5.88. The zero-order chi connectivity index (χ0) is 17.0. The second-order valence-electron chi connectivity index (χ2n) is 6.42. The Morgan fingerprint density at radius 2 is 2.22 bits per heavy atom. The van der Waals surface area contributed by atoms with Gasteiger partial charge in [-0.15, -0.1) is 0 Å². The molecule has 2 unspecified atom stereocenters. The lowest BCUT2D eigenvalue weighted by molar-refractivity contribution is -0.145. The minimum absolute atomic E-state index is 0.103. The highest BCUT2D eigenvalue weighted by atomic mass is 79.9. The van der Waals surface area contributed by atoms with Gasteiger partial charge in [-0.3, -0.25) is 9.59 Å². The summed E-state index contributed by atoms with van der Waals surface area (Å²) in [5, 5.41) is 0.790. The Labute approximate surface area is 146 Å². The summed E-state index contributed by atoms with van der Waals surface area (Å²) in [6.07, 6.45) is 1.33. The number of alkyl halides is 1. The first kappa shape index (κ1) is 18.0. The van der Waals surface area contributed by atoms with Crippen LogP contribution in [0.5, 0.6) is 0 Å². The van der Waals surface area contributed by atoms with Crippen LogP contribution in [-0.4, -0.2) is 23.8 Å². The number of rotatable bonds is 6. The third-order valence-electron chi connectivity index (χ3n) is 4.20. The molecule has 0 spiro atoms. The first-order valence-corrected chi connectivity index (χ1v) is 9.17. The van der Waals surface area contributed by atoms with Crippen LogP contribution in [0.3, 0.4) is 0 Å². The van der Waals surface area contributed by atoms with Gasteiger partial charge in [0.1, 0.15) is 6.61 Å². The summed E-state index contributed by atoms with van der Waals surface area (Å²) in [5.41, 5.74) is 2.95. The predicted octanol–water partition coefficient (Wildman–Crippen LogP) is 3.83. The quantitative estimate of drug-likeness (QED) is 0.555. The van der Waals surface area contributed by atoms with Crippen molar-refractivity contribution in [2.24, 2.45) is 11.8 Å². The molecule has 0 aliphatic carbocycles. The third kappa shape index (κ3) is 4.56. The molecule has 2 rings (SSSR count). The SMILES string of the molecule is Cc1cc(COC(=O)CC(C)CBr)ccc1N1CCC(C)C1=O. The summed E-state index contributed by atoms with van der Waals surface area (Å²) in [6.45, 7) is 7.02. The maximum atomic E-state index is 12.1. The molecule has 23 heavy (non-hydrogen) atoms. The molecular weight excluding hydrogens is 358 g/mol. The van der Waals surface area contributed by atoms with Gasteiger partial charge in [-0.25, -0.2) is 0 Å². The molecule has 0 radical (unpaired) electrons. The molecule has 1 amide bonds. The van der Waals surface area contributed by atoms with Crippen molar-refractivity contribution in [1.82, 2.24) is 0 Å². The molecule has 1 heterocycles. The maximum Gasteiger partial charge on any atom is 0.306 e. The molecule has 1 saturated heterocycles. The van der Waals surface area contributed by atoms with E-state index in [1.807, 2.05) is 43.9 Å². The molecule has 0 N–H and O–H groups in total. The molecular formula is C18H24BrNO3. The van der Waals surface area contributed by atoms with E-state index >= 15 is 0 Å². The summed E-state index contributed by atoms with van der Waals surface area (Å²) < 4.78 is 5.32. The van der Waals surface area contributed by atoms with Crippen molar-refractivity contribution < 1.29 is 14.3 Å². The molecule has 1 aliphatic rings. The number of benzene rings is 1. The Bertz CT molecular complexity index is 588. The van der Waals surface area contributed by atoms with Gasteiger partial charge in [-0.1, -0.05) is 41.9 Å². The van der Waals surface area contributed by atoms with E-state index in [0.29, 0.717) is 6.42 Å². The molecule has 1 fully saturated rings. The number of esters is 1. The molecule has 126 valence electrons. The number of hydrogen-bond acceptors (Lipinski definition) is 3. The van der Waals surface area contributed by atoms with Crippen LogP contribution in [0.1, 0.15) is 37.8 Å². The van der Waals surface area contributed by atoms with Gasteiger partial charge in [0, 0.05) is 29.9 Å². The first-order chi connectivity index (χ1) is 10.9. The number of hydrogen-bond donors (Lipinski definition) is 0. The van der Waals surface area contributed by atoms with Crippen molar-refractivity contribution >= 4 is 33.5 Å². The molecule has 0 saturated carbocycles. The zero-order valence-electron chi connectivity index (χ0n) is 14.0. The smallest absolute Gasteiger partial charge is 0.306 e. The van der Waals surface area contributed by atoms with Gasteiger partial charge in [0.05, 0.1) is 0 Å². The first-order valence-electron chi connectivity index (χ1n) is 8.05. The van der Waals surface area contributed by atoms with E-state index in [1.165, 1.54) is 0 Å². The highest BCUT2D eigenvalue weighted by Crippen LogP contribution is 2.28. The molecule has 1 aromatic carbocycles. The number of carbonyl (C=O) groups excluding carboxylic acids is 2. The van der Waals surface area contributed by atoms with Crippen LogP contribution in [0.2, 0.25) is 0 Å². The molecule has 2 atom stereocenters. The lowest BCUT2D eigenvalue weighted by Gasteiger charge is -2.19. The topological polar surface area (TPSA) is 46.6 Å². The van der Waals surface area contributed by atoms with Crippen LogP contribution in [0.15, 0.2) is 18.2 Å². The van der Waals surface area contributed by atoms with E-state index in [1.54, 1.807) is 0 Å². The number of halogens is 1. The second-order valence-corrected chi connectivity index (χ2v) is 7.07. The average molecular weight is 382 g/mol. The summed E-state index contributed by atoms with van der Waals surface area (Å²) in [7, 11) is 0. The number of nitrogens with zero attached hydrogens (tertiary/aromatic N) is 1. The van der Waals surface area contributed by atoms with Gasteiger partial charge in [0.15, 0.2) is 0 Å². The Kier molecular flexibility index (Phi) is 6.22. The average Bonchev–Trinajstić information content (AvgIpc) is 2.85. The minimum atomic E-state index is -0.178. The Hall–Kier alpha value is -1.36. The monoisotopic (exact) mass is 381 g/mol. The van der Waals surface area contributed by atoms with Crippen LogP contribution in [-0.2, 0) is 20.9 Å². The lowest BCUT2D eigenvalue weighted by Crippen LogP contribution is -2.26. The number of ether oxygens (including phenoxy) is 1. The molecule has 0 bridgehead atoms. The number of carbonyl (C=O) groups is 2. The van der Waals surface area contributed by atoms with Gasteiger partial charge >= 0.3 is 5.97 Å². The highest BCUT2D eigenvalue weighted by Gasteiger charge is 2.29. The van der Waals surface area contributed by atoms with Crippen LogP contribution >= 0.6 is 15.9 Å². The van der Waals surface area contributed by atoms with Crippen LogP contribution in [0.4, 0.5) is 5.69 Å². The van der Waals surface area contributed by atoms with Crippen LogP contribution in [0, 0.1) is 18.8 Å². The predicted molar refractivity (Wildman–Crippen MR) is 94.7 cm³/mol. The molecule has 0 aromatic heterocycles. The molecule has 1 aromatic rings. The van der Waals surface area contributed by atoms with Gasteiger partial charge in [-0.05, 0) is 36.5 Å². The number of amides is 1. The van der Waals surface area contributed by atoms with Crippen LogP contribution in [0.25, 0.3) is 0 Å². The van der Waals surface area contributed by atoms with Crippen molar-refractivity contribution in [2.75, 3.05) is 16.8 Å². The van der Waals surface area contributed by atoms with Crippen molar-refractivity contribution in [3.63, 3.8) is 0 Å². The molecule has 5 heteroatoms. The standard InChI is InChI=1S/C18H24BrNO3/c1-12(10-19)8-17(21)23-11-15-4-5-16(14(3)9-15)20-7-6-13(2)18(20)22/h4-5,9,12-13H,6-8,10-11H2,1-3H3. The Morgan fingerprint density at radius 1 is 1.48 bits per heavy atom. The Balaban J connectivity index is 1.97. The minimum Gasteiger partial charge on any atom is -0.461 e. The zero-order valence-corrected chi connectivity index (χ0v) is 15.6. The van der Waals surface area contributed by atoms with E-state index < -0.39 is 0 Å². The molecule has 1 aliphatic heterocycles. The fraction of sp³-hybridized carbons (Fsp3) is 0.556. The van der Waals surface area contributed by atoms with Gasteiger partial charge < -0.3 is 9.64 Å². The van der Waals surface area contributed by atoms with Gasteiger partial charge in [0.2, 0.25) is 5.91 Å². The van der Waals surface area contributed by atoms with Crippen molar-refractivity contribution in [3.05, 3.63) is 29.3 Å². The third-order valence-corrected chi connectivity index (χ3v) is 5.31. The van der Waals surface area contributed by atoms with E-state index in [-0.39, 0.29) is 30.3 Å². The van der Waals surface area contributed by atoms with E-state index in [4.69, 9.17) is 4.74 Å². The summed E-state index contributed by atoms with van der Waals surface area (Å²) in [4.78, 5) is 25.7. The summed E-state index contributed by atoms with van der Waals surface area (Å²) >= 11 is 3.36. The van der Waals surface area contributed by atoms with Crippen molar-refractivity contribution in [1.29, 1.82) is 0 Å². The maximum absolute atomic E-state index is 12.1. The lowest BCUT2D eigenvalue weighted by atomic mass is 10.1. The van der Waals surface area contributed by atoms with Crippen molar-refractivity contribution in [2.45, 2.75) is 40.2 Å². The normalized spacial score (nSPS) is 19.0. The number of anilines is 1. The second kappa shape index (κ2) is 7.95. The largest absolute Gasteiger partial charge is 0.461 e. The molecule has 4 nitrogen and oxygen atoms in total. The van der Waals surface area contributed by atoms with E-state index in [0.717, 1.165) is 35.1 Å². The Morgan fingerprint density at radius 3 is 2.78 bits per heavy atom. The fourth-order valence-electron chi connectivity index (χ4n) is 2.73. The van der Waals surface area contributed by atoms with Gasteiger partial charge in [-0.2, -0.15) is 0 Å². The fourth-order valence-corrected chi connectivity index (χ4v) is 2.96.